The van der Waals surface area contributed by atoms with Crippen LogP contribution in [-0.4, -0.2) is 10.2 Å². The summed E-state index contributed by atoms with van der Waals surface area (Å²) in [6, 6.07) is 0. The van der Waals surface area contributed by atoms with Gasteiger partial charge in [-0.1, -0.05) is 11.8 Å². The number of nitrogens with zero attached hydrogens (tertiary/aromatic N) is 2. The second-order valence-corrected chi connectivity index (χ2v) is 4.17. The second-order valence-electron chi connectivity index (χ2n) is 2.11. The number of hydrazone groups is 1. The molecule has 0 aliphatic heterocycles. The van der Waals surface area contributed by atoms with Gasteiger partial charge in [0, 0.05) is 11.1 Å². The van der Waals surface area contributed by atoms with E-state index in [-0.39, 0.29) is 0 Å². The predicted octanol–water partition coefficient (Wildman–Crippen LogP) is 0.873. The lowest BCUT2D eigenvalue weighted by Crippen LogP contribution is -2.09. The van der Waals surface area contributed by atoms with Gasteiger partial charge >= 0.3 is 0 Å². The maximum atomic E-state index is 5.39. The summed E-state index contributed by atoms with van der Waals surface area (Å²) in [4.78, 5) is 4.26. The molecule has 0 aliphatic carbocycles. The van der Waals surface area contributed by atoms with Crippen LogP contribution in [0.15, 0.2) is 10.5 Å². The fraction of sp³-hybridized carbons (Fsp3) is 0.333. The monoisotopic (exact) mass is 202 g/mol. The van der Waals surface area contributed by atoms with Crippen molar-refractivity contribution in [3.05, 3.63) is 16.1 Å². The molecule has 0 aliphatic rings. The van der Waals surface area contributed by atoms with Gasteiger partial charge in [0.1, 0.15) is 0 Å². The highest BCUT2D eigenvalue weighted by Gasteiger charge is 1.99. The summed E-state index contributed by atoms with van der Waals surface area (Å²) in [6.07, 6.45) is 0. The number of rotatable bonds is 2. The lowest BCUT2D eigenvalue weighted by Gasteiger charge is -1.94. The number of aryl methyl sites for hydroxylation is 1. The van der Waals surface area contributed by atoms with Crippen molar-refractivity contribution in [2.45, 2.75) is 12.7 Å². The Morgan fingerprint density at radius 1 is 1.83 bits per heavy atom. The van der Waals surface area contributed by atoms with Crippen molar-refractivity contribution in [1.82, 2.24) is 4.98 Å². The Hall–Kier alpha value is -0.750. The topological polar surface area (TPSA) is 77.3 Å². The molecule has 4 nitrogen and oxygen atoms in total. The maximum Gasteiger partial charge on any atom is 0.177 e. The van der Waals surface area contributed by atoms with Crippen molar-refractivity contribution < 1.29 is 0 Å². The fourth-order valence-electron chi connectivity index (χ4n) is 0.660. The van der Waals surface area contributed by atoms with Crippen molar-refractivity contribution in [3.63, 3.8) is 0 Å². The Labute approximate surface area is 79.1 Å². The first kappa shape index (κ1) is 9.34. The molecule has 0 spiro atoms. The molecule has 1 aromatic rings. The normalized spacial score (nSPS) is 11.9. The zero-order valence-corrected chi connectivity index (χ0v) is 8.28. The maximum absolute atomic E-state index is 5.39. The van der Waals surface area contributed by atoms with Crippen LogP contribution in [0.1, 0.15) is 10.7 Å². The minimum absolute atomic E-state index is 0.389. The molecule has 6 heteroatoms. The molecule has 0 saturated heterocycles. The van der Waals surface area contributed by atoms with E-state index in [1.54, 1.807) is 11.3 Å². The Kier molecular flexibility index (Phi) is 3.36. The standard InChI is InChI=1S/C6H10N4S2/c1-4-9-5(2-11-4)3-12-6(7)10-8/h2H,3,8H2,1H3,(H2,7,10). The first-order chi connectivity index (χ1) is 5.72. The molecule has 0 aromatic carbocycles. The van der Waals surface area contributed by atoms with Crippen LogP contribution in [-0.2, 0) is 5.75 Å². The minimum atomic E-state index is 0.389. The predicted molar refractivity (Wildman–Crippen MR) is 54.0 cm³/mol. The third-order valence-corrected chi connectivity index (χ3v) is 2.83. The van der Waals surface area contributed by atoms with Crippen LogP contribution in [0.5, 0.6) is 0 Å². The Balaban J connectivity index is 2.43. The minimum Gasteiger partial charge on any atom is -0.377 e. The Morgan fingerprint density at radius 2 is 2.58 bits per heavy atom. The van der Waals surface area contributed by atoms with E-state index in [0.29, 0.717) is 5.17 Å². The number of hydrogen-bond acceptors (Lipinski definition) is 5. The fourth-order valence-corrected chi connectivity index (χ4v) is 1.90. The molecular weight excluding hydrogens is 192 g/mol. The summed E-state index contributed by atoms with van der Waals surface area (Å²) >= 11 is 3.02. The molecule has 0 radical (unpaired) electrons. The molecule has 0 bridgehead atoms. The van der Waals surface area contributed by atoms with E-state index in [1.807, 2.05) is 12.3 Å². The third-order valence-electron chi connectivity index (χ3n) is 1.16. The van der Waals surface area contributed by atoms with E-state index < -0.39 is 0 Å². The van der Waals surface area contributed by atoms with Gasteiger partial charge < -0.3 is 11.6 Å². The highest BCUT2D eigenvalue weighted by Crippen LogP contribution is 2.14. The van der Waals surface area contributed by atoms with E-state index in [0.717, 1.165) is 16.5 Å². The molecule has 1 aromatic heterocycles. The lowest BCUT2D eigenvalue weighted by atomic mass is 10.6. The molecule has 1 heterocycles. The number of nitrogens with two attached hydrogens (primary N) is 2. The van der Waals surface area contributed by atoms with Gasteiger partial charge in [-0.15, -0.1) is 11.3 Å². The summed E-state index contributed by atoms with van der Waals surface area (Å²) in [6.45, 7) is 1.97. The largest absolute Gasteiger partial charge is 0.377 e. The molecule has 4 N–H and O–H groups in total. The van der Waals surface area contributed by atoms with E-state index in [4.69, 9.17) is 11.6 Å². The summed E-state index contributed by atoms with van der Waals surface area (Å²) in [5.41, 5.74) is 6.41. The molecule has 0 amide bonds. The Morgan fingerprint density at radius 3 is 3.08 bits per heavy atom. The number of hydrogen-bond donors (Lipinski definition) is 2. The van der Waals surface area contributed by atoms with Crippen LogP contribution in [0.4, 0.5) is 0 Å². The number of amidine groups is 1. The lowest BCUT2D eigenvalue weighted by molar-refractivity contribution is 1.18. The quantitative estimate of drug-likeness (QED) is 0.323. The van der Waals surface area contributed by atoms with Crippen molar-refractivity contribution in [3.8, 4) is 0 Å². The second kappa shape index (κ2) is 4.32. The van der Waals surface area contributed by atoms with E-state index in [1.165, 1.54) is 11.8 Å². The number of aromatic nitrogens is 1. The molecular formula is C6H10N4S2. The van der Waals surface area contributed by atoms with Gasteiger partial charge in [0.25, 0.3) is 0 Å². The van der Waals surface area contributed by atoms with Gasteiger partial charge in [-0.25, -0.2) is 4.98 Å². The van der Waals surface area contributed by atoms with Gasteiger partial charge in [0.05, 0.1) is 10.7 Å². The van der Waals surface area contributed by atoms with Crippen molar-refractivity contribution in [2.75, 3.05) is 0 Å². The zero-order valence-electron chi connectivity index (χ0n) is 6.65. The van der Waals surface area contributed by atoms with Gasteiger partial charge in [-0.05, 0) is 6.92 Å². The zero-order chi connectivity index (χ0) is 8.97. The van der Waals surface area contributed by atoms with Gasteiger partial charge in [-0.3, -0.25) is 0 Å². The highest BCUT2D eigenvalue weighted by atomic mass is 32.2. The van der Waals surface area contributed by atoms with Gasteiger partial charge in [-0.2, -0.15) is 5.10 Å². The first-order valence-corrected chi connectivity index (χ1v) is 5.16. The SMILES string of the molecule is Cc1nc(CS/C(N)=N/N)cs1. The van der Waals surface area contributed by atoms with Gasteiger partial charge in [0.15, 0.2) is 5.17 Å². The average molecular weight is 202 g/mol. The molecule has 0 saturated carbocycles. The van der Waals surface area contributed by atoms with Crippen LogP contribution in [0.3, 0.4) is 0 Å². The first-order valence-electron chi connectivity index (χ1n) is 3.29. The van der Waals surface area contributed by atoms with Crippen molar-refractivity contribution >= 4 is 28.3 Å². The summed E-state index contributed by atoms with van der Waals surface area (Å²) in [5, 5.41) is 6.80. The molecule has 1 rings (SSSR count). The van der Waals surface area contributed by atoms with E-state index in [2.05, 4.69) is 10.1 Å². The third kappa shape index (κ3) is 2.71. The van der Waals surface area contributed by atoms with Crippen molar-refractivity contribution in [2.24, 2.45) is 16.7 Å². The molecule has 0 atom stereocenters. The van der Waals surface area contributed by atoms with E-state index in [9.17, 15) is 0 Å². The number of thiazole rings is 1. The summed E-state index contributed by atoms with van der Waals surface area (Å²) in [7, 11) is 0. The molecule has 0 fully saturated rings. The van der Waals surface area contributed by atoms with E-state index >= 15 is 0 Å². The van der Waals surface area contributed by atoms with Crippen LogP contribution in [0, 0.1) is 6.92 Å². The summed E-state index contributed by atoms with van der Waals surface area (Å²) < 4.78 is 0. The van der Waals surface area contributed by atoms with Crippen LogP contribution < -0.4 is 11.6 Å². The molecule has 12 heavy (non-hydrogen) atoms. The molecule has 66 valence electrons. The smallest absolute Gasteiger partial charge is 0.177 e. The van der Waals surface area contributed by atoms with Crippen LogP contribution >= 0.6 is 23.1 Å². The van der Waals surface area contributed by atoms with Crippen molar-refractivity contribution in [1.29, 1.82) is 0 Å². The number of thioether (sulfide) groups is 1. The van der Waals surface area contributed by atoms with Crippen LogP contribution in [0.25, 0.3) is 0 Å². The summed E-state index contributed by atoms with van der Waals surface area (Å²) in [5.74, 6) is 5.70. The highest BCUT2D eigenvalue weighted by molar-refractivity contribution is 8.13. The average Bonchev–Trinajstić information content (AvgIpc) is 2.47. The van der Waals surface area contributed by atoms with Gasteiger partial charge in [0.2, 0.25) is 0 Å². The van der Waals surface area contributed by atoms with Crippen LogP contribution in [0.2, 0.25) is 0 Å². The molecule has 0 unspecified atom stereocenters. The Bertz CT molecular complexity index is 281.